The number of nitrogens with zero attached hydrogens (tertiary/aromatic N) is 1. The van der Waals surface area contributed by atoms with E-state index in [-0.39, 0.29) is 22.9 Å². The minimum absolute atomic E-state index is 0.0204. The summed E-state index contributed by atoms with van der Waals surface area (Å²) < 4.78 is 32.5. The number of benzene rings is 2. The molecule has 2 aromatic carbocycles. The Labute approximate surface area is 170 Å². The molecule has 0 aliphatic carbocycles. The van der Waals surface area contributed by atoms with E-state index in [0.29, 0.717) is 12.3 Å². The molecule has 1 amide bonds. The fraction of sp³-hybridized carbons (Fsp3) is 0.190. The zero-order valence-electron chi connectivity index (χ0n) is 16.3. The van der Waals surface area contributed by atoms with Crippen LogP contribution in [0.2, 0.25) is 0 Å². The number of furan rings is 1. The van der Waals surface area contributed by atoms with Gasteiger partial charge in [-0.15, -0.1) is 0 Å². The van der Waals surface area contributed by atoms with E-state index in [1.54, 1.807) is 24.3 Å². The number of hydrogen-bond acceptors (Lipinski definition) is 5. The van der Waals surface area contributed by atoms with Gasteiger partial charge in [0.2, 0.25) is 10.0 Å². The molecule has 0 saturated heterocycles. The van der Waals surface area contributed by atoms with Crippen molar-refractivity contribution in [2.45, 2.75) is 18.0 Å². The third-order valence-corrected chi connectivity index (χ3v) is 5.73. The number of anilines is 1. The molecule has 0 fully saturated rings. The predicted octanol–water partition coefficient (Wildman–Crippen LogP) is 2.75. The summed E-state index contributed by atoms with van der Waals surface area (Å²) in [5, 5.41) is 2.81. The second-order valence-corrected chi connectivity index (χ2v) is 8.44. The summed E-state index contributed by atoms with van der Waals surface area (Å²) in [4.78, 5) is 14.5. The molecule has 0 atom stereocenters. The van der Waals surface area contributed by atoms with Gasteiger partial charge >= 0.3 is 0 Å². The van der Waals surface area contributed by atoms with Crippen LogP contribution in [0.1, 0.15) is 21.7 Å². The normalized spacial score (nSPS) is 11.2. The van der Waals surface area contributed by atoms with Crippen molar-refractivity contribution in [3.05, 3.63) is 83.8 Å². The van der Waals surface area contributed by atoms with E-state index < -0.39 is 10.0 Å². The Morgan fingerprint density at radius 2 is 1.76 bits per heavy atom. The van der Waals surface area contributed by atoms with E-state index in [2.05, 4.69) is 10.0 Å². The second-order valence-electron chi connectivity index (χ2n) is 6.68. The van der Waals surface area contributed by atoms with Gasteiger partial charge in [-0.3, -0.25) is 4.79 Å². The van der Waals surface area contributed by atoms with Gasteiger partial charge in [0.25, 0.3) is 5.91 Å². The average Bonchev–Trinajstić information content (AvgIpc) is 3.25. The van der Waals surface area contributed by atoms with Crippen LogP contribution in [0.25, 0.3) is 0 Å². The van der Waals surface area contributed by atoms with Crippen molar-refractivity contribution in [3.63, 3.8) is 0 Å². The molecule has 0 spiro atoms. The molecule has 1 heterocycles. The van der Waals surface area contributed by atoms with Crippen LogP contribution in [0, 0.1) is 0 Å². The quantitative estimate of drug-likeness (QED) is 0.593. The third kappa shape index (κ3) is 5.46. The molecule has 29 heavy (non-hydrogen) atoms. The van der Waals surface area contributed by atoms with Crippen molar-refractivity contribution in [3.8, 4) is 0 Å². The van der Waals surface area contributed by atoms with Gasteiger partial charge in [0.1, 0.15) is 5.76 Å². The molecule has 2 N–H and O–H groups in total. The average molecular weight is 413 g/mol. The van der Waals surface area contributed by atoms with Gasteiger partial charge in [-0.2, -0.15) is 0 Å². The molecule has 0 saturated carbocycles. The minimum Gasteiger partial charge on any atom is -0.468 e. The molecule has 0 aliphatic heterocycles. The van der Waals surface area contributed by atoms with Gasteiger partial charge in [-0.1, -0.05) is 18.2 Å². The first-order valence-corrected chi connectivity index (χ1v) is 10.5. The van der Waals surface area contributed by atoms with Gasteiger partial charge in [0, 0.05) is 31.9 Å². The maximum atomic E-state index is 12.5. The van der Waals surface area contributed by atoms with Crippen LogP contribution in [-0.2, 0) is 23.1 Å². The first kappa shape index (κ1) is 20.6. The molecule has 0 radical (unpaired) electrons. The first-order valence-electron chi connectivity index (χ1n) is 9.02. The van der Waals surface area contributed by atoms with Gasteiger partial charge in [-0.05, 0) is 48.0 Å². The molecule has 0 unspecified atom stereocenters. The zero-order valence-corrected chi connectivity index (χ0v) is 17.1. The van der Waals surface area contributed by atoms with Crippen molar-refractivity contribution >= 4 is 21.6 Å². The van der Waals surface area contributed by atoms with Crippen molar-refractivity contribution in [2.24, 2.45) is 0 Å². The Hall–Kier alpha value is -3.10. The lowest BCUT2D eigenvalue weighted by Gasteiger charge is -2.13. The van der Waals surface area contributed by atoms with Crippen LogP contribution in [0.15, 0.2) is 76.2 Å². The SMILES string of the molecule is CN(C)c1ccc(CNC(=O)c2cccc(S(=O)(=O)NCc3ccco3)c2)cc1. The zero-order chi connectivity index (χ0) is 20.9. The maximum absolute atomic E-state index is 12.5. The molecule has 0 aliphatic rings. The molecular formula is C21H23N3O4S. The summed E-state index contributed by atoms with van der Waals surface area (Å²) in [6.07, 6.45) is 1.47. The van der Waals surface area contributed by atoms with Gasteiger partial charge in [0.15, 0.2) is 0 Å². The Kier molecular flexibility index (Phi) is 6.36. The Balaban J connectivity index is 1.64. The Bertz CT molecular complexity index is 1060. The monoisotopic (exact) mass is 413 g/mol. The van der Waals surface area contributed by atoms with Crippen LogP contribution < -0.4 is 14.9 Å². The maximum Gasteiger partial charge on any atom is 0.251 e. The highest BCUT2D eigenvalue weighted by Crippen LogP contribution is 2.14. The molecule has 3 rings (SSSR count). The molecule has 0 bridgehead atoms. The Morgan fingerprint density at radius 1 is 1.00 bits per heavy atom. The van der Waals surface area contributed by atoms with Crippen molar-refractivity contribution in [2.75, 3.05) is 19.0 Å². The lowest BCUT2D eigenvalue weighted by Crippen LogP contribution is -2.25. The van der Waals surface area contributed by atoms with Gasteiger partial charge in [-0.25, -0.2) is 13.1 Å². The molecular weight excluding hydrogens is 390 g/mol. The predicted molar refractivity (Wildman–Crippen MR) is 111 cm³/mol. The minimum atomic E-state index is -3.77. The fourth-order valence-electron chi connectivity index (χ4n) is 2.66. The summed E-state index contributed by atoms with van der Waals surface area (Å²) in [5.74, 6) is 0.160. The summed E-state index contributed by atoms with van der Waals surface area (Å²) in [6, 6.07) is 17.1. The number of carbonyl (C=O) groups is 1. The summed E-state index contributed by atoms with van der Waals surface area (Å²) in [6.45, 7) is 0.384. The standard InChI is InChI=1S/C21H23N3O4S/c1-24(2)18-10-8-16(9-11-18)14-22-21(25)17-5-3-7-20(13-17)29(26,27)23-15-19-6-4-12-28-19/h3-13,23H,14-15H2,1-2H3,(H,22,25). The molecule has 3 aromatic rings. The van der Waals surface area contributed by atoms with Gasteiger partial charge in [0.05, 0.1) is 17.7 Å². The van der Waals surface area contributed by atoms with Crippen LogP contribution >= 0.6 is 0 Å². The lowest BCUT2D eigenvalue weighted by molar-refractivity contribution is 0.0950. The number of nitrogens with one attached hydrogen (secondary N) is 2. The van der Waals surface area contributed by atoms with E-state index in [9.17, 15) is 13.2 Å². The molecule has 8 heteroatoms. The topological polar surface area (TPSA) is 91.7 Å². The molecule has 152 valence electrons. The molecule has 1 aromatic heterocycles. The van der Waals surface area contributed by atoms with Gasteiger partial charge < -0.3 is 14.6 Å². The number of hydrogen-bond donors (Lipinski definition) is 2. The number of rotatable bonds is 8. The van der Waals surface area contributed by atoms with E-state index in [0.717, 1.165) is 11.3 Å². The van der Waals surface area contributed by atoms with E-state index >= 15 is 0 Å². The number of amides is 1. The lowest BCUT2D eigenvalue weighted by atomic mass is 10.1. The van der Waals surface area contributed by atoms with Crippen molar-refractivity contribution < 1.29 is 17.6 Å². The van der Waals surface area contributed by atoms with Crippen LogP contribution in [-0.4, -0.2) is 28.4 Å². The Morgan fingerprint density at radius 3 is 2.41 bits per heavy atom. The van der Waals surface area contributed by atoms with E-state index in [1.807, 2.05) is 43.3 Å². The van der Waals surface area contributed by atoms with Crippen LogP contribution in [0.5, 0.6) is 0 Å². The first-order chi connectivity index (χ1) is 13.8. The number of sulfonamides is 1. The highest BCUT2D eigenvalue weighted by atomic mass is 32.2. The second kappa shape index (κ2) is 8.93. The van der Waals surface area contributed by atoms with Crippen molar-refractivity contribution in [1.82, 2.24) is 10.0 Å². The largest absolute Gasteiger partial charge is 0.468 e. The molecule has 7 nitrogen and oxygen atoms in total. The fourth-order valence-corrected chi connectivity index (χ4v) is 3.70. The highest BCUT2D eigenvalue weighted by molar-refractivity contribution is 7.89. The number of carbonyl (C=O) groups excluding carboxylic acids is 1. The van der Waals surface area contributed by atoms with E-state index in [1.165, 1.54) is 18.4 Å². The smallest absolute Gasteiger partial charge is 0.251 e. The van der Waals surface area contributed by atoms with Crippen LogP contribution in [0.3, 0.4) is 0 Å². The summed E-state index contributed by atoms with van der Waals surface area (Å²) >= 11 is 0. The summed E-state index contributed by atoms with van der Waals surface area (Å²) in [7, 11) is 0.152. The van der Waals surface area contributed by atoms with Crippen LogP contribution in [0.4, 0.5) is 5.69 Å². The van der Waals surface area contributed by atoms with Crippen molar-refractivity contribution in [1.29, 1.82) is 0 Å². The highest BCUT2D eigenvalue weighted by Gasteiger charge is 2.16. The third-order valence-electron chi connectivity index (χ3n) is 4.33. The summed E-state index contributed by atoms with van der Waals surface area (Å²) in [5.41, 5.74) is 2.30. The van der Waals surface area contributed by atoms with E-state index in [4.69, 9.17) is 4.42 Å².